The summed E-state index contributed by atoms with van der Waals surface area (Å²) in [5.41, 5.74) is 6.83. The van der Waals surface area contributed by atoms with Crippen LogP contribution in [0.2, 0.25) is 0 Å². The fraction of sp³-hybridized carbons (Fsp3) is 0.0625. The van der Waals surface area contributed by atoms with Gasteiger partial charge in [-0.25, -0.2) is 14.6 Å². The largest absolute Gasteiger partial charge is 0.457 e. The Bertz CT molecular complexity index is 1800. The monoisotopic (exact) mass is 517 g/mol. The number of ketones is 1. The molecule has 2 heterocycles. The van der Waals surface area contributed by atoms with Crippen molar-refractivity contribution in [1.29, 1.82) is 0 Å². The Morgan fingerprint density at radius 2 is 1.41 bits per heavy atom. The maximum absolute atomic E-state index is 13.2. The van der Waals surface area contributed by atoms with E-state index in [1.165, 1.54) is 0 Å². The molecule has 0 radical (unpaired) electrons. The van der Waals surface area contributed by atoms with Crippen LogP contribution in [0.15, 0.2) is 124 Å². The first-order chi connectivity index (χ1) is 18.1. The molecule has 0 saturated carbocycles. The summed E-state index contributed by atoms with van der Waals surface area (Å²) in [5, 5.41) is 0. The molecule has 3 nitrogen and oxygen atoms in total. The van der Waals surface area contributed by atoms with E-state index in [1.807, 2.05) is 66.8 Å². The summed E-state index contributed by atoms with van der Waals surface area (Å²) >= 11 is 0. The molecule has 2 unspecified atom stereocenters. The van der Waals surface area contributed by atoms with Gasteiger partial charge in [-0.3, -0.25) is 4.79 Å². The van der Waals surface area contributed by atoms with Crippen LogP contribution in [0, 0.1) is 5.92 Å². The summed E-state index contributed by atoms with van der Waals surface area (Å²) in [4.78, 5) is 16.2. The molecule has 0 aromatic heterocycles. The number of hydrogen-bond acceptors (Lipinski definition) is 4. The molecule has 0 amide bonds. The SMILES string of the molecule is O=C1c2cc(-c3ccc(-c4ccc5c(c4)Cc4ccccc4S5=O)cc3)ccc2[S-](=O)=C2C=CC=CC12. The number of fused-ring (bicyclic) bond motifs is 4. The molecular weight excluding hydrogens is 496 g/mol. The van der Waals surface area contributed by atoms with Gasteiger partial charge in [0.05, 0.1) is 10.8 Å². The average molecular weight is 518 g/mol. The van der Waals surface area contributed by atoms with E-state index in [1.54, 1.807) is 6.08 Å². The normalized spacial score (nSPS) is 19.7. The van der Waals surface area contributed by atoms with Crippen LogP contribution in [0.5, 0.6) is 0 Å². The topological polar surface area (TPSA) is 51.2 Å². The standard InChI is InChI=1S/C32H21O3S2/c33-32-26-6-2-4-8-30(26)37(35)31-16-14-23(19-27(31)32)21-11-9-20(10-12-21)22-13-15-29-25(17-22)18-24-5-1-3-7-28(24)36(29)34/h1-17,19,26H,18H2/q-1. The summed E-state index contributed by atoms with van der Waals surface area (Å²) < 4.78 is 26.1. The highest BCUT2D eigenvalue weighted by Gasteiger charge is 2.25. The lowest BCUT2D eigenvalue weighted by molar-refractivity contribution is 0.0969. The zero-order chi connectivity index (χ0) is 25.1. The van der Waals surface area contributed by atoms with Gasteiger partial charge in [0, 0.05) is 21.3 Å². The molecule has 2 atom stereocenters. The van der Waals surface area contributed by atoms with Gasteiger partial charge in [0.25, 0.3) is 0 Å². The molecule has 4 aromatic carbocycles. The molecule has 0 fully saturated rings. The van der Waals surface area contributed by atoms with Gasteiger partial charge in [-0.15, -0.1) is 9.76 Å². The molecule has 4 aromatic rings. The zero-order valence-electron chi connectivity index (χ0n) is 19.7. The van der Waals surface area contributed by atoms with Gasteiger partial charge in [-0.2, -0.15) is 0 Å². The van der Waals surface area contributed by atoms with Crippen molar-refractivity contribution in [3.8, 4) is 22.3 Å². The molecule has 0 N–H and O–H groups in total. The molecule has 7 rings (SSSR count). The molecule has 0 spiro atoms. The predicted molar refractivity (Wildman–Crippen MR) is 149 cm³/mol. The Morgan fingerprint density at radius 3 is 2.22 bits per heavy atom. The highest BCUT2D eigenvalue weighted by Crippen LogP contribution is 2.35. The van der Waals surface area contributed by atoms with Crippen LogP contribution in [0.3, 0.4) is 0 Å². The number of benzene rings is 4. The van der Waals surface area contributed by atoms with Crippen LogP contribution in [0.25, 0.3) is 22.3 Å². The van der Waals surface area contributed by atoms with Gasteiger partial charge >= 0.3 is 0 Å². The minimum atomic E-state index is -1.33. The summed E-state index contributed by atoms with van der Waals surface area (Å²) in [6.45, 7) is 0. The average Bonchev–Trinajstić information content (AvgIpc) is 2.95. The molecule has 180 valence electrons. The third-order valence-electron chi connectivity index (χ3n) is 7.29. The molecule has 5 heteroatoms. The van der Waals surface area contributed by atoms with E-state index >= 15 is 0 Å². The van der Waals surface area contributed by atoms with Gasteiger partial charge in [-0.05, 0) is 64.1 Å². The number of allylic oxidation sites excluding steroid dienone is 4. The second kappa shape index (κ2) is 8.65. The number of Topliss-reactive ketones (excluding diaryl/α,β-unsaturated/α-hetero) is 1. The predicted octanol–water partition coefficient (Wildman–Crippen LogP) is 6.53. The Morgan fingerprint density at radius 1 is 0.730 bits per heavy atom. The lowest BCUT2D eigenvalue weighted by Crippen LogP contribution is -2.29. The third kappa shape index (κ3) is 3.61. The molecule has 37 heavy (non-hydrogen) atoms. The molecular formula is C32H21O3S2-. The van der Waals surface area contributed by atoms with Crippen molar-refractivity contribution < 1.29 is 13.2 Å². The third-order valence-corrected chi connectivity index (χ3v) is 10.5. The fourth-order valence-corrected chi connectivity index (χ4v) is 8.17. The molecule has 1 aliphatic carbocycles. The second-order valence-corrected chi connectivity index (χ2v) is 12.3. The minimum Gasteiger partial charge on any atom is -0.457 e. The van der Waals surface area contributed by atoms with Crippen molar-refractivity contribution >= 4 is 31.8 Å². The van der Waals surface area contributed by atoms with Crippen LogP contribution in [-0.2, 0) is 31.8 Å². The summed E-state index contributed by atoms with van der Waals surface area (Å²) in [6, 6.07) is 28.0. The lowest BCUT2D eigenvalue weighted by atomic mass is 9.89. The van der Waals surface area contributed by atoms with Crippen molar-refractivity contribution in [3.63, 3.8) is 0 Å². The number of rotatable bonds is 2. The first kappa shape index (κ1) is 22.4. The Labute approximate surface area is 219 Å². The van der Waals surface area contributed by atoms with Gasteiger partial charge in [-0.1, -0.05) is 85.0 Å². The van der Waals surface area contributed by atoms with Gasteiger partial charge < -0.3 is 4.21 Å². The van der Waals surface area contributed by atoms with Crippen molar-refractivity contribution in [2.75, 3.05) is 0 Å². The van der Waals surface area contributed by atoms with Gasteiger partial charge in [0.2, 0.25) is 0 Å². The first-order valence-corrected chi connectivity index (χ1v) is 14.4. The first-order valence-electron chi connectivity index (χ1n) is 12.1. The van der Waals surface area contributed by atoms with Crippen LogP contribution in [0.1, 0.15) is 21.5 Å². The second-order valence-electron chi connectivity index (χ2n) is 9.42. The minimum absolute atomic E-state index is 0.00306. The van der Waals surface area contributed by atoms with Crippen molar-refractivity contribution in [1.82, 2.24) is 0 Å². The molecule has 2 aliphatic heterocycles. The van der Waals surface area contributed by atoms with E-state index in [9.17, 15) is 13.2 Å². The van der Waals surface area contributed by atoms with E-state index in [0.29, 0.717) is 15.3 Å². The fourth-order valence-electron chi connectivity index (χ4n) is 5.36. The summed E-state index contributed by atoms with van der Waals surface area (Å²) in [7, 11) is -2.48. The van der Waals surface area contributed by atoms with E-state index in [0.717, 1.165) is 49.6 Å². The molecule has 3 aliphatic rings. The van der Waals surface area contributed by atoms with E-state index < -0.39 is 27.1 Å². The van der Waals surface area contributed by atoms with Crippen molar-refractivity contribution in [3.05, 3.63) is 126 Å². The number of carbonyl (C=O) groups excluding carboxylic acids is 1. The summed E-state index contributed by atoms with van der Waals surface area (Å²) in [5.74, 6) is -0.446. The van der Waals surface area contributed by atoms with Crippen LogP contribution >= 0.6 is 0 Å². The number of hydrogen-bond donors (Lipinski definition) is 0. The quantitative estimate of drug-likeness (QED) is 0.198. The van der Waals surface area contributed by atoms with E-state index in [2.05, 4.69) is 36.4 Å². The van der Waals surface area contributed by atoms with Crippen LogP contribution in [0.4, 0.5) is 0 Å². The molecule has 0 bridgehead atoms. The maximum atomic E-state index is 13.2. The van der Waals surface area contributed by atoms with Crippen molar-refractivity contribution in [2.24, 2.45) is 5.92 Å². The van der Waals surface area contributed by atoms with Crippen LogP contribution in [-0.4, -0.2) is 14.9 Å². The van der Waals surface area contributed by atoms with Gasteiger partial charge in [0.1, 0.15) is 0 Å². The Kier molecular flexibility index (Phi) is 5.24. The number of carbonyl (C=O) groups is 1. The summed E-state index contributed by atoms with van der Waals surface area (Å²) in [6.07, 6.45) is 8.07. The lowest BCUT2D eigenvalue weighted by Gasteiger charge is -2.30. The Hall–Kier alpha value is -3.80. The maximum Gasteiger partial charge on any atom is 0.170 e. The van der Waals surface area contributed by atoms with Gasteiger partial charge in [0.15, 0.2) is 5.78 Å². The van der Waals surface area contributed by atoms with Crippen molar-refractivity contribution in [2.45, 2.75) is 21.1 Å². The smallest absolute Gasteiger partial charge is 0.170 e. The highest BCUT2D eigenvalue weighted by atomic mass is 32.2. The molecule has 0 saturated heterocycles. The zero-order valence-corrected chi connectivity index (χ0v) is 21.4. The van der Waals surface area contributed by atoms with E-state index in [-0.39, 0.29) is 5.78 Å². The van der Waals surface area contributed by atoms with E-state index in [4.69, 9.17) is 0 Å². The Balaban J connectivity index is 1.21. The van der Waals surface area contributed by atoms with Crippen LogP contribution < -0.4 is 0 Å². The highest BCUT2D eigenvalue weighted by molar-refractivity contribution is 7.85.